The Kier molecular flexibility index (Phi) is 3.71. The van der Waals surface area contributed by atoms with Crippen molar-refractivity contribution in [2.24, 2.45) is 7.05 Å². The van der Waals surface area contributed by atoms with Crippen LogP contribution < -0.4 is 10.1 Å². The molecule has 96 valence electrons. The van der Waals surface area contributed by atoms with E-state index in [1.54, 1.807) is 19.5 Å². The fraction of sp³-hybridized carbons (Fsp3) is 0.455. The topological polar surface area (TPSA) is 77.8 Å². The molecule has 1 N–H and O–H groups in total. The number of hydrogen-bond donors (Lipinski definition) is 1. The lowest BCUT2D eigenvalue weighted by molar-refractivity contribution is 0.396. The minimum atomic E-state index is 0.559. The predicted molar refractivity (Wildman–Crippen MR) is 66.5 cm³/mol. The third kappa shape index (κ3) is 2.93. The standard InChI is InChI=1S/C11H16N6O/c1-8-14-9(6-11(15-8)18-3)12-5-4-10-16-13-7-17(10)2/h6-7H,4-5H2,1-3H3,(H,12,14,15). The van der Waals surface area contributed by atoms with Crippen molar-refractivity contribution in [3.05, 3.63) is 24.0 Å². The number of nitrogens with zero attached hydrogens (tertiary/aromatic N) is 5. The SMILES string of the molecule is COc1cc(NCCc2nncn2C)nc(C)n1. The van der Waals surface area contributed by atoms with Crippen LogP contribution in [0.4, 0.5) is 5.82 Å². The van der Waals surface area contributed by atoms with Gasteiger partial charge in [-0.3, -0.25) is 0 Å². The van der Waals surface area contributed by atoms with Crippen molar-refractivity contribution < 1.29 is 4.74 Å². The molecule has 0 aliphatic heterocycles. The van der Waals surface area contributed by atoms with E-state index in [4.69, 9.17) is 4.74 Å². The minimum Gasteiger partial charge on any atom is -0.481 e. The van der Waals surface area contributed by atoms with E-state index in [1.165, 1.54) is 0 Å². The quantitative estimate of drug-likeness (QED) is 0.833. The summed E-state index contributed by atoms with van der Waals surface area (Å²) < 4.78 is 6.99. The molecule has 0 saturated carbocycles. The zero-order valence-corrected chi connectivity index (χ0v) is 10.7. The number of aromatic nitrogens is 5. The lowest BCUT2D eigenvalue weighted by atomic mass is 10.4. The first-order valence-electron chi connectivity index (χ1n) is 5.65. The van der Waals surface area contributed by atoms with Crippen LogP contribution in [0.25, 0.3) is 0 Å². The smallest absolute Gasteiger partial charge is 0.218 e. The van der Waals surface area contributed by atoms with E-state index in [0.29, 0.717) is 11.7 Å². The third-order valence-corrected chi connectivity index (χ3v) is 2.48. The predicted octanol–water partition coefficient (Wildman–Crippen LogP) is 0.577. The molecule has 0 amide bonds. The highest BCUT2D eigenvalue weighted by Crippen LogP contribution is 2.12. The monoisotopic (exact) mass is 248 g/mol. The number of anilines is 1. The average Bonchev–Trinajstić information content (AvgIpc) is 2.74. The number of rotatable bonds is 5. The molecule has 2 aromatic rings. The summed E-state index contributed by atoms with van der Waals surface area (Å²) in [6.45, 7) is 2.56. The van der Waals surface area contributed by atoms with Gasteiger partial charge in [0.2, 0.25) is 5.88 Å². The van der Waals surface area contributed by atoms with Gasteiger partial charge in [0.05, 0.1) is 7.11 Å². The van der Waals surface area contributed by atoms with Crippen molar-refractivity contribution in [2.45, 2.75) is 13.3 Å². The van der Waals surface area contributed by atoms with E-state index in [0.717, 1.165) is 24.6 Å². The maximum absolute atomic E-state index is 5.09. The Morgan fingerprint density at radius 3 is 2.89 bits per heavy atom. The Morgan fingerprint density at radius 1 is 1.39 bits per heavy atom. The maximum Gasteiger partial charge on any atom is 0.218 e. The van der Waals surface area contributed by atoms with E-state index < -0.39 is 0 Å². The van der Waals surface area contributed by atoms with Crippen molar-refractivity contribution in [3.63, 3.8) is 0 Å². The zero-order chi connectivity index (χ0) is 13.0. The molecule has 0 aliphatic rings. The molecule has 2 aromatic heterocycles. The minimum absolute atomic E-state index is 0.559. The highest BCUT2D eigenvalue weighted by molar-refractivity contribution is 5.38. The molecular weight excluding hydrogens is 232 g/mol. The van der Waals surface area contributed by atoms with Crippen LogP contribution in [0.5, 0.6) is 5.88 Å². The largest absolute Gasteiger partial charge is 0.481 e. The molecule has 0 bridgehead atoms. The summed E-state index contributed by atoms with van der Waals surface area (Å²) in [5.41, 5.74) is 0. The first kappa shape index (κ1) is 12.3. The summed E-state index contributed by atoms with van der Waals surface area (Å²) in [4.78, 5) is 8.40. The van der Waals surface area contributed by atoms with Crippen LogP contribution in [0.1, 0.15) is 11.6 Å². The second kappa shape index (κ2) is 5.44. The van der Waals surface area contributed by atoms with Gasteiger partial charge < -0.3 is 14.6 Å². The second-order valence-electron chi connectivity index (χ2n) is 3.88. The van der Waals surface area contributed by atoms with Crippen LogP contribution >= 0.6 is 0 Å². The van der Waals surface area contributed by atoms with Gasteiger partial charge in [-0.2, -0.15) is 4.98 Å². The molecule has 0 fully saturated rings. The molecule has 2 heterocycles. The molecule has 18 heavy (non-hydrogen) atoms. The Morgan fingerprint density at radius 2 is 2.22 bits per heavy atom. The van der Waals surface area contributed by atoms with Crippen LogP contribution in [0, 0.1) is 6.92 Å². The first-order valence-corrected chi connectivity index (χ1v) is 5.65. The van der Waals surface area contributed by atoms with Gasteiger partial charge in [0.1, 0.15) is 23.8 Å². The summed E-state index contributed by atoms with van der Waals surface area (Å²) in [5.74, 6) is 2.92. The van der Waals surface area contributed by atoms with E-state index in [1.807, 2.05) is 18.5 Å². The van der Waals surface area contributed by atoms with E-state index in [2.05, 4.69) is 25.5 Å². The number of methoxy groups -OCH3 is 1. The molecule has 0 saturated heterocycles. The van der Waals surface area contributed by atoms with E-state index in [-0.39, 0.29) is 0 Å². The molecule has 2 rings (SSSR count). The normalized spacial score (nSPS) is 10.4. The molecule has 0 aliphatic carbocycles. The first-order chi connectivity index (χ1) is 8.69. The summed E-state index contributed by atoms with van der Waals surface area (Å²) in [6, 6.07) is 1.77. The van der Waals surface area contributed by atoms with Crippen molar-refractivity contribution in [1.29, 1.82) is 0 Å². The summed E-state index contributed by atoms with van der Waals surface area (Å²) in [6.07, 6.45) is 2.47. The number of aryl methyl sites for hydroxylation is 2. The molecule has 0 aromatic carbocycles. The molecular formula is C11H16N6O. The van der Waals surface area contributed by atoms with Gasteiger partial charge in [-0.05, 0) is 6.92 Å². The van der Waals surface area contributed by atoms with Gasteiger partial charge in [0.15, 0.2) is 0 Å². The van der Waals surface area contributed by atoms with Crippen LogP contribution in [0.15, 0.2) is 12.4 Å². The van der Waals surface area contributed by atoms with Crippen molar-refractivity contribution in [2.75, 3.05) is 19.0 Å². The molecule has 0 radical (unpaired) electrons. The highest BCUT2D eigenvalue weighted by Gasteiger charge is 2.03. The van der Waals surface area contributed by atoms with Gasteiger partial charge >= 0.3 is 0 Å². The summed E-state index contributed by atoms with van der Waals surface area (Å²) >= 11 is 0. The van der Waals surface area contributed by atoms with Crippen LogP contribution in [-0.4, -0.2) is 38.4 Å². The number of nitrogens with one attached hydrogen (secondary N) is 1. The van der Waals surface area contributed by atoms with Crippen molar-refractivity contribution in [3.8, 4) is 5.88 Å². The average molecular weight is 248 g/mol. The Labute approximate surface area is 105 Å². The Balaban J connectivity index is 1.94. The summed E-state index contributed by atoms with van der Waals surface area (Å²) in [5, 5.41) is 11.1. The highest BCUT2D eigenvalue weighted by atomic mass is 16.5. The Bertz CT molecular complexity index is 524. The van der Waals surface area contributed by atoms with E-state index in [9.17, 15) is 0 Å². The van der Waals surface area contributed by atoms with Gasteiger partial charge in [-0.25, -0.2) is 4.98 Å². The number of ether oxygens (including phenoxy) is 1. The van der Waals surface area contributed by atoms with Crippen molar-refractivity contribution in [1.82, 2.24) is 24.7 Å². The maximum atomic E-state index is 5.09. The lowest BCUT2D eigenvalue weighted by Gasteiger charge is -2.07. The Hall–Kier alpha value is -2.18. The molecule has 0 atom stereocenters. The second-order valence-corrected chi connectivity index (χ2v) is 3.88. The fourth-order valence-corrected chi connectivity index (χ4v) is 1.57. The fourth-order valence-electron chi connectivity index (χ4n) is 1.57. The van der Waals surface area contributed by atoms with Crippen LogP contribution in [0.3, 0.4) is 0 Å². The van der Waals surface area contributed by atoms with E-state index >= 15 is 0 Å². The zero-order valence-electron chi connectivity index (χ0n) is 10.7. The molecule has 0 spiro atoms. The molecule has 0 unspecified atom stereocenters. The number of hydrogen-bond acceptors (Lipinski definition) is 6. The summed E-state index contributed by atoms with van der Waals surface area (Å²) in [7, 11) is 3.51. The van der Waals surface area contributed by atoms with Gasteiger partial charge in [0, 0.05) is 26.1 Å². The molecule has 7 nitrogen and oxygen atoms in total. The van der Waals surface area contributed by atoms with Gasteiger partial charge in [-0.1, -0.05) is 0 Å². The molecule has 7 heteroatoms. The van der Waals surface area contributed by atoms with Gasteiger partial charge in [0.25, 0.3) is 0 Å². The van der Waals surface area contributed by atoms with Gasteiger partial charge in [-0.15, -0.1) is 10.2 Å². The third-order valence-electron chi connectivity index (χ3n) is 2.48. The van der Waals surface area contributed by atoms with Crippen molar-refractivity contribution >= 4 is 5.82 Å². The van der Waals surface area contributed by atoms with Crippen LogP contribution in [-0.2, 0) is 13.5 Å². The van der Waals surface area contributed by atoms with Crippen LogP contribution in [0.2, 0.25) is 0 Å². The lowest BCUT2D eigenvalue weighted by Crippen LogP contribution is -2.10.